The monoisotopic (exact) mass is 272 g/mol. The fourth-order valence-corrected chi connectivity index (χ4v) is 2.00. The molecule has 1 aromatic heterocycles. The number of aromatic nitrogens is 3. The smallest absolute Gasteiger partial charge is 0.221 e. The lowest BCUT2D eigenvalue weighted by atomic mass is 10.2. The third-order valence-electron chi connectivity index (χ3n) is 2.80. The molecule has 6 heteroatoms. The molecule has 2 rings (SSSR count). The molecule has 1 N–H and O–H groups in total. The molecule has 0 aliphatic rings. The number of hydrogen-bond acceptors (Lipinski definition) is 4. The van der Waals surface area contributed by atoms with Crippen LogP contribution >= 0.6 is 0 Å². The van der Waals surface area contributed by atoms with Gasteiger partial charge in [-0.25, -0.2) is 4.68 Å². The SMILES string of the molecule is CCCc1c(C=O)nnn1-c1cccc(NC(C)=O)c1. The summed E-state index contributed by atoms with van der Waals surface area (Å²) in [6, 6.07) is 7.26. The summed E-state index contributed by atoms with van der Waals surface area (Å²) in [6.45, 7) is 3.48. The summed E-state index contributed by atoms with van der Waals surface area (Å²) in [5.41, 5.74) is 2.58. The van der Waals surface area contributed by atoms with Crippen LogP contribution in [-0.2, 0) is 11.2 Å². The third-order valence-corrected chi connectivity index (χ3v) is 2.80. The van der Waals surface area contributed by atoms with E-state index in [-0.39, 0.29) is 5.91 Å². The summed E-state index contributed by atoms with van der Waals surface area (Å²) in [6.07, 6.45) is 2.32. The van der Waals surface area contributed by atoms with Crippen molar-refractivity contribution < 1.29 is 9.59 Å². The highest BCUT2D eigenvalue weighted by molar-refractivity contribution is 5.88. The van der Waals surface area contributed by atoms with Gasteiger partial charge < -0.3 is 5.32 Å². The number of nitrogens with one attached hydrogen (secondary N) is 1. The third kappa shape index (κ3) is 2.90. The molecule has 2 aromatic rings. The molecule has 0 radical (unpaired) electrons. The van der Waals surface area contributed by atoms with Crippen LogP contribution in [0, 0.1) is 0 Å². The van der Waals surface area contributed by atoms with Gasteiger partial charge in [0.25, 0.3) is 0 Å². The minimum Gasteiger partial charge on any atom is -0.326 e. The number of benzene rings is 1. The lowest BCUT2D eigenvalue weighted by Crippen LogP contribution is -2.08. The number of hydrogen-bond donors (Lipinski definition) is 1. The van der Waals surface area contributed by atoms with E-state index in [1.165, 1.54) is 6.92 Å². The summed E-state index contributed by atoms with van der Waals surface area (Å²) < 4.78 is 1.64. The quantitative estimate of drug-likeness (QED) is 0.844. The maximum absolute atomic E-state index is 11.1. The topological polar surface area (TPSA) is 76.9 Å². The summed E-state index contributed by atoms with van der Waals surface area (Å²) in [4.78, 5) is 22.1. The second-order valence-corrected chi connectivity index (χ2v) is 4.43. The van der Waals surface area contributed by atoms with E-state index >= 15 is 0 Å². The summed E-state index contributed by atoms with van der Waals surface area (Å²) >= 11 is 0. The van der Waals surface area contributed by atoms with Gasteiger partial charge in [0.1, 0.15) is 5.69 Å². The van der Waals surface area contributed by atoms with E-state index < -0.39 is 0 Å². The Labute approximate surface area is 116 Å². The minimum atomic E-state index is -0.136. The van der Waals surface area contributed by atoms with Crippen LogP contribution in [0.4, 0.5) is 5.69 Å². The van der Waals surface area contributed by atoms with Crippen LogP contribution in [0.5, 0.6) is 0 Å². The molecular formula is C14H16N4O2. The van der Waals surface area contributed by atoms with Gasteiger partial charge in [-0.3, -0.25) is 9.59 Å². The normalized spacial score (nSPS) is 10.3. The van der Waals surface area contributed by atoms with E-state index in [4.69, 9.17) is 0 Å². The molecule has 0 atom stereocenters. The Morgan fingerprint density at radius 2 is 2.25 bits per heavy atom. The number of aldehydes is 1. The van der Waals surface area contributed by atoms with E-state index in [1.807, 2.05) is 19.1 Å². The Bertz CT molecular complexity index is 634. The van der Waals surface area contributed by atoms with Crippen LogP contribution in [0.15, 0.2) is 24.3 Å². The van der Waals surface area contributed by atoms with Crippen molar-refractivity contribution in [3.05, 3.63) is 35.7 Å². The maximum atomic E-state index is 11.1. The molecule has 0 saturated carbocycles. The number of amides is 1. The van der Waals surface area contributed by atoms with Crippen LogP contribution in [0.2, 0.25) is 0 Å². The number of carbonyl (C=O) groups is 2. The van der Waals surface area contributed by atoms with Gasteiger partial charge >= 0.3 is 0 Å². The van der Waals surface area contributed by atoms with Crippen molar-refractivity contribution in [1.82, 2.24) is 15.0 Å². The molecule has 0 aliphatic carbocycles. The van der Waals surface area contributed by atoms with Gasteiger partial charge in [-0.2, -0.15) is 0 Å². The van der Waals surface area contributed by atoms with Crippen molar-refractivity contribution in [3.63, 3.8) is 0 Å². The zero-order valence-electron chi connectivity index (χ0n) is 11.5. The highest BCUT2D eigenvalue weighted by Crippen LogP contribution is 2.17. The zero-order valence-corrected chi connectivity index (χ0v) is 11.5. The summed E-state index contributed by atoms with van der Waals surface area (Å²) in [7, 11) is 0. The second kappa shape index (κ2) is 6.10. The number of rotatable bonds is 5. The predicted octanol–water partition coefficient (Wildman–Crippen LogP) is 1.99. The fraction of sp³-hybridized carbons (Fsp3) is 0.286. The molecule has 20 heavy (non-hydrogen) atoms. The first-order valence-corrected chi connectivity index (χ1v) is 6.43. The first-order valence-electron chi connectivity index (χ1n) is 6.43. The predicted molar refractivity (Wildman–Crippen MR) is 75.0 cm³/mol. The van der Waals surface area contributed by atoms with Crippen molar-refractivity contribution in [1.29, 1.82) is 0 Å². The van der Waals surface area contributed by atoms with E-state index in [1.54, 1.807) is 16.8 Å². The van der Waals surface area contributed by atoms with Crippen molar-refractivity contribution in [2.45, 2.75) is 26.7 Å². The van der Waals surface area contributed by atoms with Crippen LogP contribution in [0.1, 0.15) is 36.5 Å². The molecule has 6 nitrogen and oxygen atoms in total. The average molecular weight is 272 g/mol. The standard InChI is InChI=1S/C14H16N4O2/c1-3-5-14-13(9-19)16-17-18(14)12-7-4-6-11(8-12)15-10(2)20/h4,6-9H,3,5H2,1-2H3,(H,15,20). The largest absolute Gasteiger partial charge is 0.326 e. The Balaban J connectivity index is 2.43. The first-order chi connectivity index (χ1) is 9.65. The molecular weight excluding hydrogens is 256 g/mol. The Kier molecular flexibility index (Phi) is 4.24. The van der Waals surface area contributed by atoms with Gasteiger partial charge in [-0.1, -0.05) is 24.6 Å². The van der Waals surface area contributed by atoms with Gasteiger partial charge in [0.2, 0.25) is 5.91 Å². The van der Waals surface area contributed by atoms with Gasteiger partial charge in [0, 0.05) is 12.6 Å². The van der Waals surface area contributed by atoms with Crippen LogP contribution in [-0.4, -0.2) is 27.2 Å². The van der Waals surface area contributed by atoms with E-state index in [2.05, 4.69) is 15.6 Å². The van der Waals surface area contributed by atoms with Crippen molar-refractivity contribution >= 4 is 17.9 Å². The summed E-state index contributed by atoms with van der Waals surface area (Å²) in [5, 5.41) is 10.6. The fourth-order valence-electron chi connectivity index (χ4n) is 2.00. The first kappa shape index (κ1) is 13.9. The Morgan fingerprint density at radius 3 is 2.90 bits per heavy atom. The van der Waals surface area contributed by atoms with Crippen molar-refractivity contribution in [2.75, 3.05) is 5.32 Å². The lowest BCUT2D eigenvalue weighted by molar-refractivity contribution is -0.114. The van der Waals surface area contributed by atoms with Crippen LogP contribution in [0.25, 0.3) is 5.69 Å². The zero-order chi connectivity index (χ0) is 14.5. The highest BCUT2D eigenvalue weighted by Gasteiger charge is 2.13. The number of anilines is 1. The van der Waals surface area contributed by atoms with E-state index in [0.717, 1.165) is 17.8 Å². The molecule has 0 fully saturated rings. The Morgan fingerprint density at radius 1 is 1.45 bits per heavy atom. The lowest BCUT2D eigenvalue weighted by Gasteiger charge is -2.08. The molecule has 0 bridgehead atoms. The molecule has 1 heterocycles. The van der Waals surface area contributed by atoms with E-state index in [9.17, 15) is 9.59 Å². The molecule has 0 spiro atoms. The van der Waals surface area contributed by atoms with Crippen molar-refractivity contribution in [3.8, 4) is 5.69 Å². The number of nitrogens with zero attached hydrogens (tertiary/aromatic N) is 3. The molecule has 0 unspecified atom stereocenters. The minimum absolute atomic E-state index is 0.136. The maximum Gasteiger partial charge on any atom is 0.221 e. The van der Waals surface area contributed by atoms with E-state index in [0.29, 0.717) is 24.1 Å². The molecule has 0 saturated heterocycles. The van der Waals surface area contributed by atoms with Crippen molar-refractivity contribution in [2.24, 2.45) is 0 Å². The van der Waals surface area contributed by atoms with Crippen LogP contribution < -0.4 is 5.32 Å². The van der Waals surface area contributed by atoms with Gasteiger partial charge in [-0.15, -0.1) is 5.10 Å². The molecule has 104 valence electrons. The second-order valence-electron chi connectivity index (χ2n) is 4.43. The van der Waals surface area contributed by atoms with Gasteiger partial charge in [-0.05, 0) is 24.6 Å². The average Bonchev–Trinajstić information content (AvgIpc) is 2.82. The van der Waals surface area contributed by atoms with Crippen LogP contribution in [0.3, 0.4) is 0 Å². The van der Waals surface area contributed by atoms with Gasteiger partial charge in [0.15, 0.2) is 6.29 Å². The Hall–Kier alpha value is -2.50. The van der Waals surface area contributed by atoms with Gasteiger partial charge in [0.05, 0.1) is 11.4 Å². The molecule has 1 amide bonds. The summed E-state index contributed by atoms with van der Waals surface area (Å²) in [5.74, 6) is -0.136. The molecule has 1 aromatic carbocycles. The highest BCUT2D eigenvalue weighted by atomic mass is 16.1. The molecule has 0 aliphatic heterocycles. The number of carbonyl (C=O) groups excluding carboxylic acids is 2.